The van der Waals surface area contributed by atoms with Gasteiger partial charge in [0.1, 0.15) is 11.9 Å². The van der Waals surface area contributed by atoms with Crippen LogP contribution in [0.15, 0.2) is 24.3 Å². The molecule has 1 fully saturated rings. The van der Waals surface area contributed by atoms with E-state index in [0.29, 0.717) is 6.42 Å². The van der Waals surface area contributed by atoms with Crippen LogP contribution in [0.3, 0.4) is 0 Å². The molecule has 1 saturated carbocycles. The minimum atomic E-state index is -1.02. The predicted molar refractivity (Wildman–Crippen MR) is 71.7 cm³/mol. The Labute approximate surface area is 117 Å². The normalized spacial score (nSPS) is 22.4. The van der Waals surface area contributed by atoms with Crippen LogP contribution in [-0.4, -0.2) is 23.0 Å². The third-order valence-corrected chi connectivity index (χ3v) is 3.66. The average Bonchev–Trinajstić information content (AvgIpc) is 3.16. The third kappa shape index (κ3) is 3.15. The highest BCUT2D eigenvalue weighted by atomic mass is 19.1. The summed E-state index contributed by atoms with van der Waals surface area (Å²) < 4.78 is 12.8. The van der Waals surface area contributed by atoms with Gasteiger partial charge in [-0.2, -0.15) is 0 Å². The number of hydrogen-bond donors (Lipinski definition) is 2. The summed E-state index contributed by atoms with van der Waals surface area (Å²) in [4.78, 5) is 23.1. The zero-order valence-electron chi connectivity index (χ0n) is 11.5. The SMILES string of the molecule is CC(C)[C@@H](NC(=O)C1CC1c1ccc(F)cc1)C(=O)O. The molecule has 2 unspecified atom stereocenters. The average molecular weight is 279 g/mol. The van der Waals surface area contributed by atoms with Crippen LogP contribution in [0.4, 0.5) is 4.39 Å². The number of carbonyl (C=O) groups is 2. The summed E-state index contributed by atoms with van der Waals surface area (Å²) in [5, 5.41) is 11.6. The molecule has 1 aromatic carbocycles. The number of amides is 1. The number of carboxylic acid groups (broad SMARTS) is 1. The predicted octanol–water partition coefficient (Wildman–Crippen LogP) is 2.15. The lowest BCUT2D eigenvalue weighted by molar-refractivity contribution is -0.143. The fourth-order valence-corrected chi connectivity index (χ4v) is 2.34. The van der Waals surface area contributed by atoms with Crippen LogP contribution < -0.4 is 5.32 Å². The molecule has 1 amide bonds. The number of rotatable bonds is 5. The largest absolute Gasteiger partial charge is 0.480 e. The van der Waals surface area contributed by atoms with Crippen LogP contribution >= 0.6 is 0 Å². The van der Waals surface area contributed by atoms with Gasteiger partial charge in [-0.3, -0.25) is 4.79 Å². The van der Waals surface area contributed by atoms with Crippen molar-refractivity contribution < 1.29 is 19.1 Å². The molecule has 2 rings (SSSR count). The first kappa shape index (κ1) is 14.5. The van der Waals surface area contributed by atoms with Gasteiger partial charge < -0.3 is 10.4 Å². The van der Waals surface area contributed by atoms with Crippen LogP contribution in [0.25, 0.3) is 0 Å². The van der Waals surface area contributed by atoms with Gasteiger partial charge in [-0.15, -0.1) is 0 Å². The van der Waals surface area contributed by atoms with Gasteiger partial charge in [0.2, 0.25) is 5.91 Å². The zero-order valence-corrected chi connectivity index (χ0v) is 11.5. The Kier molecular flexibility index (Phi) is 4.06. The molecule has 0 radical (unpaired) electrons. The highest BCUT2D eigenvalue weighted by Crippen LogP contribution is 2.47. The van der Waals surface area contributed by atoms with Crippen molar-refractivity contribution in [3.05, 3.63) is 35.6 Å². The first-order chi connectivity index (χ1) is 9.40. The monoisotopic (exact) mass is 279 g/mol. The summed E-state index contributed by atoms with van der Waals surface area (Å²) in [5.41, 5.74) is 0.919. The third-order valence-electron chi connectivity index (χ3n) is 3.66. The smallest absolute Gasteiger partial charge is 0.326 e. The van der Waals surface area contributed by atoms with Gasteiger partial charge in [0.05, 0.1) is 0 Å². The summed E-state index contributed by atoms with van der Waals surface area (Å²) in [6.07, 6.45) is 0.682. The van der Waals surface area contributed by atoms with E-state index in [9.17, 15) is 14.0 Å². The van der Waals surface area contributed by atoms with E-state index in [0.717, 1.165) is 5.56 Å². The molecule has 5 heteroatoms. The van der Waals surface area contributed by atoms with E-state index in [-0.39, 0.29) is 29.5 Å². The summed E-state index contributed by atoms with van der Waals surface area (Å²) in [7, 11) is 0. The van der Waals surface area contributed by atoms with Crippen LogP contribution in [-0.2, 0) is 9.59 Å². The molecule has 1 aliphatic carbocycles. The standard InChI is InChI=1S/C15H18FNO3/c1-8(2)13(15(19)20)17-14(18)12-7-11(12)9-3-5-10(16)6-4-9/h3-6,8,11-13H,7H2,1-2H3,(H,17,18)(H,19,20)/t11?,12?,13-/m1/s1. The maximum Gasteiger partial charge on any atom is 0.326 e. The Balaban J connectivity index is 1.96. The first-order valence-corrected chi connectivity index (χ1v) is 6.68. The lowest BCUT2D eigenvalue weighted by Crippen LogP contribution is -2.45. The zero-order chi connectivity index (χ0) is 14.9. The van der Waals surface area contributed by atoms with Crippen molar-refractivity contribution in [1.29, 1.82) is 0 Å². The van der Waals surface area contributed by atoms with Crippen molar-refractivity contribution in [3.63, 3.8) is 0 Å². The Hall–Kier alpha value is -1.91. The van der Waals surface area contributed by atoms with Crippen LogP contribution in [0.2, 0.25) is 0 Å². The van der Waals surface area contributed by atoms with Crippen LogP contribution in [0.1, 0.15) is 31.7 Å². The number of benzene rings is 1. The second-order valence-corrected chi connectivity index (χ2v) is 5.57. The minimum Gasteiger partial charge on any atom is -0.480 e. The van der Waals surface area contributed by atoms with Gasteiger partial charge in [0.15, 0.2) is 0 Å². The molecule has 3 atom stereocenters. The maximum absolute atomic E-state index is 12.8. The van der Waals surface area contributed by atoms with Crippen LogP contribution in [0, 0.1) is 17.7 Å². The van der Waals surface area contributed by atoms with Gasteiger partial charge in [-0.05, 0) is 36.0 Å². The summed E-state index contributed by atoms with van der Waals surface area (Å²) in [6, 6.07) is 5.22. The molecule has 0 bridgehead atoms. The molecule has 4 nitrogen and oxygen atoms in total. The summed E-state index contributed by atoms with van der Waals surface area (Å²) in [5.74, 6) is -1.87. The molecule has 0 aliphatic heterocycles. The van der Waals surface area contributed by atoms with E-state index in [1.54, 1.807) is 26.0 Å². The lowest BCUT2D eigenvalue weighted by Gasteiger charge is -2.17. The fourth-order valence-electron chi connectivity index (χ4n) is 2.34. The van der Waals surface area contributed by atoms with Crippen LogP contribution in [0.5, 0.6) is 0 Å². The number of halogens is 1. The molecule has 2 N–H and O–H groups in total. The Morgan fingerprint density at radius 3 is 2.40 bits per heavy atom. The highest BCUT2D eigenvalue weighted by Gasteiger charge is 2.45. The van der Waals surface area contributed by atoms with E-state index >= 15 is 0 Å². The molecular weight excluding hydrogens is 261 g/mol. The molecule has 1 aliphatic rings. The Morgan fingerprint density at radius 1 is 1.30 bits per heavy atom. The number of aliphatic carboxylic acids is 1. The molecule has 0 saturated heterocycles. The van der Waals surface area contributed by atoms with Gasteiger partial charge in [-0.1, -0.05) is 26.0 Å². The number of carbonyl (C=O) groups excluding carboxylic acids is 1. The number of hydrogen-bond acceptors (Lipinski definition) is 2. The Bertz CT molecular complexity index is 512. The quantitative estimate of drug-likeness (QED) is 0.868. The van der Waals surface area contributed by atoms with Crippen molar-refractivity contribution in [2.45, 2.75) is 32.2 Å². The molecular formula is C15H18FNO3. The van der Waals surface area contributed by atoms with Crippen molar-refractivity contribution in [2.24, 2.45) is 11.8 Å². The van der Waals surface area contributed by atoms with Gasteiger partial charge in [0, 0.05) is 5.92 Å². The van der Waals surface area contributed by atoms with Gasteiger partial charge in [0.25, 0.3) is 0 Å². The van der Waals surface area contributed by atoms with E-state index in [4.69, 9.17) is 5.11 Å². The number of carboxylic acids is 1. The second kappa shape index (κ2) is 5.61. The first-order valence-electron chi connectivity index (χ1n) is 6.68. The van der Waals surface area contributed by atoms with Gasteiger partial charge >= 0.3 is 5.97 Å². The van der Waals surface area contributed by atoms with Crippen molar-refractivity contribution in [2.75, 3.05) is 0 Å². The molecule has 0 spiro atoms. The molecule has 20 heavy (non-hydrogen) atoms. The van der Waals surface area contributed by atoms with E-state index in [1.165, 1.54) is 12.1 Å². The Morgan fingerprint density at radius 2 is 1.90 bits per heavy atom. The maximum atomic E-state index is 12.8. The van der Waals surface area contributed by atoms with Crippen molar-refractivity contribution in [1.82, 2.24) is 5.32 Å². The molecule has 0 heterocycles. The fraction of sp³-hybridized carbons (Fsp3) is 0.467. The van der Waals surface area contributed by atoms with E-state index in [2.05, 4.69) is 5.32 Å². The van der Waals surface area contributed by atoms with E-state index < -0.39 is 12.0 Å². The number of nitrogens with one attached hydrogen (secondary N) is 1. The minimum absolute atomic E-state index is 0.0669. The second-order valence-electron chi connectivity index (χ2n) is 5.57. The van der Waals surface area contributed by atoms with Crippen molar-refractivity contribution in [3.8, 4) is 0 Å². The lowest BCUT2D eigenvalue weighted by atomic mass is 10.0. The summed E-state index contributed by atoms with van der Waals surface area (Å²) >= 11 is 0. The van der Waals surface area contributed by atoms with Gasteiger partial charge in [-0.25, -0.2) is 9.18 Å². The topological polar surface area (TPSA) is 66.4 Å². The highest BCUT2D eigenvalue weighted by molar-refractivity contribution is 5.87. The van der Waals surface area contributed by atoms with E-state index in [1.807, 2.05) is 0 Å². The molecule has 0 aromatic heterocycles. The molecule has 1 aromatic rings. The summed E-state index contributed by atoms with van der Waals surface area (Å²) in [6.45, 7) is 3.51. The molecule has 108 valence electrons. The van der Waals surface area contributed by atoms with Crippen molar-refractivity contribution >= 4 is 11.9 Å².